The molecule has 1 amide bonds. The molecule has 0 bridgehead atoms. The molecule has 0 aromatic heterocycles. The molecule has 0 unspecified atom stereocenters. The van der Waals surface area contributed by atoms with Crippen LogP contribution in [0.25, 0.3) is 0 Å². The van der Waals surface area contributed by atoms with E-state index < -0.39 is 11.3 Å². The molecule has 0 saturated carbocycles. The van der Waals surface area contributed by atoms with Gasteiger partial charge >= 0.3 is 0 Å². The molecular formula is C13H11Cl3N2O2. The Balaban J connectivity index is 2.23. The zero-order valence-corrected chi connectivity index (χ0v) is 12.6. The maximum atomic E-state index is 12.3. The largest absolute Gasteiger partial charge is 0.381 e. The Morgan fingerprint density at radius 3 is 2.40 bits per heavy atom. The second kappa shape index (κ2) is 6.19. The highest BCUT2D eigenvalue weighted by Gasteiger charge is 2.40. The molecule has 1 heterocycles. The fourth-order valence-electron chi connectivity index (χ4n) is 1.97. The molecule has 106 valence electrons. The molecule has 1 aromatic rings. The van der Waals surface area contributed by atoms with E-state index in [0.29, 0.717) is 36.8 Å². The van der Waals surface area contributed by atoms with E-state index in [1.807, 2.05) is 0 Å². The van der Waals surface area contributed by atoms with Crippen molar-refractivity contribution in [3.05, 3.63) is 27.2 Å². The van der Waals surface area contributed by atoms with Crippen LogP contribution in [-0.4, -0.2) is 19.1 Å². The maximum Gasteiger partial charge on any atom is 0.245 e. The topological polar surface area (TPSA) is 62.1 Å². The molecule has 1 fully saturated rings. The number of carbonyl (C=O) groups excluding carboxylic acids is 1. The number of nitriles is 1. The quantitative estimate of drug-likeness (QED) is 0.835. The van der Waals surface area contributed by atoms with Gasteiger partial charge in [0.25, 0.3) is 0 Å². The first-order valence-corrected chi connectivity index (χ1v) is 7.07. The van der Waals surface area contributed by atoms with Crippen molar-refractivity contribution < 1.29 is 9.53 Å². The number of nitrogens with one attached hydrogen (secondary N) is 1. The molecule has 0 aliphatic carbocycles. The van der Waals surface area contributed by atoms with Crippen LogP contribution in [0.4, 0.5) is 5.69 Å². The van der Waals surface area contributed by atoms with E-state index in [2.05, 4.69) is 11.4 Å². The average Bonchev–Trinajstić information content (AvgIpc) is 2.45. The van der Waals surface area contributed by atoms with Gasteiger partial charge in [-0.3, -0.25) is 4.79 Å². The van der Waals surface area contributed by atoms with Crippen LogP contribution in [-0.2, 0) is 9.53 Å². The highest BCUT2D eigenvalue weighted by Crippen LogP contribution is 2.35. The Morgan fingerprint density at radius 2 is 1.80 bits per heavy atom. The summed E-state index contributed by atoms with van der Waals surface area (Å²) in [6.07, 6.45) is 0.711. The summed E-state index contributed by atoms with van der Waals surface area (Å²) >= 11 is 17.7. The van der Waals surface area contributed by atoms with E-state index >= 15 is 0 Å². The van der Waals surface area contributed by atoms with Crippen LogP contribution in [0, 0.1) is 16.7 Å². The molecule has 1 aliphatic heterocycles. The summed E-state index contributed by atoms with van der Waals surface area (Å²) in [7, 11) is 0. The van der Waals surface area contributed by atoms with E-state index in [9.17, 15) is 10.1 Å². The lowest BCUT2D eigenvalue weighted by atomic mass is 9.81. The molecule has 1 aliphatic rings. The van der Waals surface area contributed by atoms with E-state index in [-0.39, 0.29) is 10.0 Å². The van der Waals surface area contributed by atoms with Crippen molar-refractivity contribution in [3.8, 4) is 6.07 Å². The molecule has 0 spiro atoms. The Bertz CT molecular complexity index is 578. The standard InChI is InChI=1S/C13H11Cl3N2O2/c14-8-5-10(16)11(6-9(8)15)18-12(19)13(7-17)1-3-20-4-2-13/h5-6H,1-4H2,(H,18,19). The van der Waals surface area contributed by atoms with Gasteiger partial charge < -0.3 is 10.1 Å². The number of amides is 1. The number of hydrogen-bond acceptors (Lipinski definition) is 3. The van der Waals surface area contributed by atoms with Crippen LogP contribution in [0.5, 0.6) is 0 Å². The van der Waals surface area contributed by atoms with Crippen LogP contribution in [0.15, 0.2) is 12.1 Å². The highest BCUT2D eigenvalue weighted by atomic mass is 35.5. The number of nitrogens with zero attached hydrogens (tertiary/aromatic N) is 1. The summed E-state index contributed by atoms with van der Waals surface area (Å²) in [5.41, 5.74) is -0.750. The minimum absolute atomic E-state index is 0.271. The minimum Gasteiger partial charge on any atom is -0.381 e. The second-order valence-corrected chi connectivity index (χ2v) is 5.73. The third-order valence-electron chi connectivity index (χ3n) is 3.25. The van der Waals surface area contributed by atoms with Crippen molar-refractivity contribution in [1.29, 1.82) is 5.26 Å². The van der Waals surface area contributed by atoms with Crippen LogP contribution in [0.2, 0.25) is 15.1 Å². The highest BCUT2D eigenvalue weighted by molar-refractivity contribution is 6.44. The number of benzene rings is 1. The van der Waals surface area contributed by atoms with E-state index in [4.69, 9.17) is 39.5 Å². The average molecular weight is 334 g/mol. The van der Waals surface area contributed by atoms with Crippen molar-refractivity contribution in [2.24, 2.45) is 5.41 Å². The zero-order chi connectivity index (χ0) is 14.8. The van der Waals surface area contributed by atoms with Crippen molar-refractivity contribution >= 4 is 46.4 Å². The van der Waals surface area contributed by atoms with Crippen molar-refractivity contribution in [3.63, 3.8) is 0 Å². The van der Waals surface area contributed by atoms with Crippen LogP contribution in [0.3, 0.4) is 0 Å². The summed E-state index contributed by atoms with van der Waals surface area (Å²) in [6.45, 7) is 0.770. The minimum atomic E-state index is -1.09. The number of ether oxygens (including phenoxy) is 1. The lowest BCUT2D eigenvalue weighted by Gasteiger charge is -2.29. The first kappa shape index (κ1) is 15.4. The van der Waals surface area contributed by atoms with Crippen LogP contribution < -0.4 is 5.32 Å². The van der Waals surface area contributed by atoms with E-state index in [0.717, 1.165) is 0 Å². The first-order valence-electron chi connectivity index (χ1n) is 5.93. The zero-order valence-electron chi connectivity index (χ0n) is 10.4. The fraction of sp³-hybridized carbons (Fsp3) is 0.385. The number of rotatable bonds is 2. The van der Waals surface area contributed by atoms with Gasteiger partial charge in [-0.05, 0) is 25.0 Å². The molecule has 0 atom stereocenters. The van der Waals surface area contributed by atoms with Gasteiger partial charge in [-0.25, -0.2) is 0 Å². The molecule has 7 heteroatoms. The second-order valence-electron chi connectivity index (χ2n) is 4.51. The molecule has 20 heavy (non-hydrogen) atoms. The van der Waals surface area contributed by atoms with Gasteiger partial charge in [0.2, 0.25) is 5.91 Å². The lowest BCUT2D eigenvalue weighted by Crippen LogP contribution is -2.40. The summed E-state index contributed by atoms with van der Waals surface area (Å²) in [5.74, 6) is -0.399. The van der Waals surface area contributed by atoms with Gasteiger partial charge in [0.1, 0.15) is 5.41 Å². The maximum absolute atomic E-state index is 12.3. The van der Waals surface area contributed by atoms with Crippen molar-refractivity contribution in [2.75, 3.05) is 18.5 Å². The smallest absolute Gasteiger partial charge is 0.245 e. The predicted molar refractivity (Wildman–Crippen MR) is 78.2 cm³/mol. The lowest BCUT2D eigenvalue weighted by molar-refractivity contribution is -0.126. The summed E-state index contributed by atoms with van der Waals surface area (Å²) in [5, 5.41) is 12.8. The molecule has 0 radical (unpaired) electrons. The number of hydrogen-bond donors (Lipinski definition) is 1. The SMILES string of the molecule is N#CC1(C(=O)Nc2cc(Cl)c(Cl)cc2Cl)CCOCC1. The van der Waals surface area contributed by atoms with Crippen molar-refractivity contribution in [1.82, 2.24) is 0 Å². The Morgan fingerprint density at radius 1 is 1.20 bits per heavy atom. The van der Waals surface area contributed by atoms with E-state index in [1.54, 1.807) is 0 Å². The Hall–Kier alpha value is -0.990. The van der Waals surface area contributed by atoms with Crippen molar-refractivity contribution in [2.45, 2.75) is 12.8 Å². The molecule has 2 rings (SSSR count). The number of carbonyl (C=O) groups is 1. The van der Waals surface area contributed by atoms with Gasteiger partial charge in [-0.1, -0.05) is 34.8 Å². The number of halogens is 3. The summed E-state index contributed by atoms with van der Waals surface area (Å²) < 4.78 is 5.19. The van der Waals surface area contributed by atoms with Crippen LogP contribution >= 0.6 is 34.8 Å². The molecule has 1 saturated heterocycles. The van der Waals surface area contributed by atoms with Gasteiger partial charge in [0.15, 0.2) is 0 Å². The normalized spacial score (nSPS) is 17.3. The number of anilines is 1. The predicted octanol–water partition coefficient (Wildman–Crippen LogP) is 3.91. The Labute approximate surface area is 131 Å². The third-order valence-corrected chi connectivity index (χ3v) is 4.29. The monoisotopic (exact) mass is 332 g/mol. The molecule has 1 N–H and O–H groups in total. The molecular weight excluding hydrogens is 323 g/mol. The molecule has 1 aromatic carbocycles. The fourth-order valence-corrected chi connectivity index (χ4v) is 2.56. The van der Waals surface area contributed by atoms with E-state index in [1.165, 1.54) is 12.1 Å². The summed E-state index contributed by atoms with van der Waals surface area (Å²) in [4.78, 5) is 12.3. The van der Waals surface area contributed by atoms with Gasteiger partial charge in [0, 0.05) is 13.2 Å². The molecule has 4 nitrogen and oxygen atoms in total. The van der Waals surface area contributed by atoms with Gasteiger partial charge in [-0.2, -0.15) is 5.26 Å². The first-order chi connectivity index (χ1) is 9.48. The third kappa shape index (κ3) is 3.02. The summed E-state index contributed by atoms with van der Waals surface area (Å²) in [6, 6.07) is 5.00. The van der Waals surface area contributed by atoms with Crippen LogP contribution in [0.1, 0.15) is 12.8 Å². The van der Waals surface area contributed by atoms with Gasteiger partial charge in [0.05, 0.1) is 26.8 Å². The van der Waals surface area contributed by atoms with Gasteiger partial charge in [-0.15, -0.1) is 0 Å². The Kier molecular flexibility index (Phi) is 4.77.